The molecule has 2 N–H and O–H groups in total. The molecule has 9 heteroatoms. The van der Waals surface area contributed by atoms with E-state index >= 15 is 0 Å². The Morgan fingerprint density at radius 2 is 1.83 bits per heavy atom. The highest BCUT2D eigenvalue weighted by atomic mass is 16.6. The van der Waals surface area contributed by atoms with Gasteiger partial charge in [-0.1, -0.05) is 30.3 Å². The summed E-state index contributed by atoms with van der Waals surface area (Å²) < 4.78 is 0. The van der Waals surface area contributed by atoms with Crippen LogP contribution in [-0.4, -0.2) is 52.3 Å². The van der Waals surface area contributed by atoms with E-state index in [4.69, 9.17) is 0 Å². The second-order valence-electron chi connectivity index (χ2n) is 6.49. The lowest BCUT2D eigenvalue weighted by Crippen LogP contribution is -2.47. The third kappa shape index (κ3) is 5.61. The highest BCUT2D eigenvalue weighted by molar-refractivity contribution is 5.97. The average molecular weight is 399 g/mol. The van der Waals surface area contributed by atoms with E-state index in [1.165, 1.54) is 32.2 Å². The number of nitrogens with zero attached hydrogens (tertiary/aromatic N) is 2. The number of likely N-dealkylation sites (N-methyl/N-ethyl adjacent to an activating group) is 1. The zero-order chi connectivity index (χ0) is 21.6. The Kier molecular flexibility index (Phi) is 7.02. The second kappa shape index (κ2) is 9.45. The molecule has 2 amide bonds. The van der Waals surface area contributed by atoms with Gasteiger partial charge in [0.25, 0.3) is 11.6 Å². The number of carbonyl (C=O) groups is 3. The van der Waals surface area contributed by atoms with Gasteiger partial charge < -0.3 is 15.3 Å². The number of hydrogen-bond donors (Lipinski definition) is 2. The molecule has 9 nitrogen and oxygen atoms in total. The molecule has 1 unspecified atom stereocenters. The number of carbonyl (C=O) groups excluding carboxylic acids is 2. The number of benzene rings is 2. The fourth-order valence-corrected chi connectivity index (χ4v) is 2.79. The van der Waals surface area contributed by atoms with Crippen molar-refractivity contribution in [3.63, 3.8) is 0 Å². The van der Waals surface area contributed by atoms with Crippen LogP contribution in [0.4, 0.5) is 5.69 Å². The maximum Gasteiger partial charge on any atom is 0.326 e. The van der Waals surface area contributed by atoms with E-state index in [1.807, 2.05) is 6.07 Å². The summed E-state index contributed by atoms with van der Waals surface area (Å²) in [5.41, 5.74) is 1.15. The van der Waals surface area contributed by atoms with Crippen molar-refractivity contribution in [1.82, 2.24) is 10.2 Å². The summed E-state index contributed by atoms with van der Waals surface area (Å²) in [5, 5.41) is 22.7. The van der Waals surface area contributed by atoms with E-state index in [2.05, 4.69) is 5.32 Å². The van der Waals surface area contributed by atoms with E-state index in [0.717, 1.165) is 10.5 Å². The van der Waals surface area contributed by atoms with Crippen LogP contribution in [0.15, 0.2) is 48.5 Å². The molecule has 0 aromatic heterocycles. The molecule has 29 heavy (non-hydrogen) atoms. The standard InChI is InChI=1S/C20H21N3O6/c1-13-10-15(8-9-16(13)23(28)29)19(25)21-12-18(24)22(2)17(20(26)27)11-14-6-4-3-5-7-14/h3-10,17H,11-12H2,1-2H3,(H,21,25)(H,26,27). The monoisotopic (exact) mass is 399 g/mol. The van der Waals surface area contributed by atoms with Crippen molar-refractivity contribution in [2.24, 2.45) is 0 Å². The van der Waals surface area contributed by atoms with Crippen molar-refractivity contribution >= 4 is 23.5 Å². The van der Waals surface area contributed by atoms with E-state index < -0.39 is 35.3 Å². The van der Waals surface area contributed by atoms with Gasteiger partial charge >= 0.3 is 5.97 Å². The van der Waals surface area contributed by atoms with E-state index in [-0.39, 0.29) is 17.7 Å². The minimum absolute atomic E-state index is 0.109. The van der Waals surface area contributed by atoms with Gasteiger partial charge in [-0.25, -0.2) is 4.79 Å². The number of nitro benzene ring substituents is 1. The molecular weight excluding hydrogens is 378 g/mol. The number of rotatable bonds is 8. The van der Waals surface area contributed by atoms with Crippen molar-refractivity contribution in [3.05, 3.63) is 75.3 Å². The van der Waals surface area contributed by atoms with Crippen molar-refractivity contribution < 1.29 is 24.4 Å². The summed E-state index contributed by atoms with van der Waals surface area (Å²) in [7, 11) is 1.37. The van der Waals surface area contributed by atoms with Gasteiger partial charge in [0.15, 0.2) is 0 Å². The van der Waals surface area contributed by atoms with Crippen LogP contribution in [0.2, 0.25) is 0 Å². The number of nitro groups is 1. The molecule has 2 aromatic rings. The number of carboxylic acid groups (broad SMARTS) is 1. The number of aliphatic carboxylic acids is 1. The summed E-state index contributed by atoms with van der Waals surface area (Å²) in [6, 6.07) is 11.7. The molecule has 0 radical (unpaired) electrons. The molecule has 0 aliphatic rings. The van der Waals surface area contributed by atoms with Crippen LogP contribution in [0.1, 0.15) is 21.5 Å². The van der Waals surface area contributed by atoms with Crippen LogP contribution in [0.5, 0.6) is 0 Å². The quantitative estimate of drug-likeness (QED) is 0.514. The average Bonchev–Trinajstić information content (AvgIpc) is 2.69. The SMILES string of the molecule is Cc1cc(C(=O)NCC(=O)N(C)C(Cc2ccccc2)C(=O)O)ccc1[N+](=O)[O-]. The zero-order valence-corrected chi connectivity index (χ0v) is 16.0. The molecule has 2 aromatic carbocycles. The fourth-order valence-electron chi connectivity index (χ4n) is 2.79. The van der Waals surface area contributed by atoms with Gasteiger partial charge in [0.05, 0.1) is 11.5 Å². The number of amides is 2. The molecule has 0 fully saturated rings. The van der Waals surface area contributed by atoms with Crippen LogP contribution in [0.25, 0.3) is 0 Å². The van der Waals surface area contributed by atoms with Gasteiger partial charge in [-0.05, 0) is 24.6 Å². The molecule has 152 valence electrons. The van der Waals surface area contributed by atoms with E-state index in [0.29, 0.717) is 5.56 Å². The van der Waals surface area contributed by atoms with Gasteiger partial charge in [0, 0.05) is 30.7 Å². The Morgan fingerprint density at radius 1 is 1.17 bits per heavy atom. The van der Waals surface area contributed by atoms with Crippen molar-refractivity contribution in [2.75, 3.05) is 13.6 Å². The maximum absolute atomic E-state index is 12.4. The topological polar surface area (TPSA) is 130 Å². The van der Waals surface area contributed by atoms with Gasteiger partial charge in [0.1, 0.15) is 6.04 Å². The lowest BCUT2D eigenvalue weighted by Gasteiger charge is -2.25. The molecular formula is C20H21N3O6. The Morgan fingerprint density at radius 3 is 2.38 bits per heavy atom. The Balaban J connectivity index is 2.01. The highest BCUT2D eigenvalue weighted by Gasteiger charge is 2.27. The molecule has 0 saturated heterocycles. The molecule has 0 aliphatic heterocycles. The van der Waals surface area contributed by atoms with Crippen molar-refractivity contribution in [3.8, 4) is 0 Å². The number of hydrogen-bond acceptors (Lipinski definition) is 5. The van der Waals surface area contributed by atoms with Gasteiger partial charge in [-0.3, -0.25) is 19.7 Å². The van der Waals surface area contributed by atoms with E-state index in [9.17, 15) is 29.6 Å². The number of aryl methyl sites for hydroxylation is 1. The van der Waals surface area contributed by atoms with Crippen molar-refractivity contribution in [2.45, 2.75) is 19.4 Å². The van der Waals surface area contributed by atoms with Crippen LogP contribution in [0, 0.1) is 17.0 Å². The zero-order valence-electron chi connectivity index (χ0n) is 16.0. The number of carboxylic acids is 1. The first kappa shape index (κ1) is 21.5. The predicted molar refractivity (Wildman–Crippen MR) is 105 cm³/mol. The van der Waals surface area contributed by atoms with Crippen LogP contribution < -0.4 is 5.32 Å². The van der Waals surface area contributed by atoms with Gasteiger partial charge in [-0.2, -0.15) is 0 Å². The minimum Gasteiger partial charge on any atom is -0.480 e. The Bertz CT molecular complexity index is 929. The lowest BCUT2D eigenvalue weighted by molar-refractivity contribution is -0.385. The predicted octanol–water partition coefficient (Wildman–Crippen LogP) is 1.79. The van der Waals surface area contributed by atoms with Crippen LogP contribution >= 0.6 is 0 Å². The minimum atomic E-state index is -1.15. The first-order valence-electron chi connectivity index (χ1n) is 8.76. The maximum atomic E-state index is 12.4. The first-order chi connectivity index (χ1) is 13.7. The van der Waals surface area contributed by atoms with Crippen LogP contribution in [-0.2, 0) is 16.0 Å². The summed E-state index contributed by atoms with van der Waals surface area (Å²) in [6.45, 7) is 1.11. The smallest absolute Gasteiger partial charge is 0.326 e. The molecule has 0 saturated carbocycles. The van der Waals surface area contributed by atoms with Crippen LogP contribution in [0.3, 0.4) is 0 Å². The Labute approximate surface area is 167 Å². The summed E-state index contributed by atoms with van der Waals surface area (Å²) in [4.78, 5) is 47.6. The molecule has 1 atom stereocenters. The molecule has 0 aliphatic carbocycles. The fraction of sp³-hybridized carbons (Fsp3) is 0.250. The number of nitrogens with one attached hydrogen (secondary N) is 1. The third-order valence-corrected chi connectivity index (χ3v) is 4.47. The highest BCUT2D eigenvalue weighted by Crippen LogP contribution is 2.18. The van der Waals surface area contributed by atoms with Gasteiger partial charge in [-0.15, -0.1) is 0 Å². The van der Waals surface area contributed by atoms with Gasteiger partial charge in [0.2, 0.25) is 5.91 Å². The molecule has 0 bridgehead atoms. The molecule has 0 heterocycles. The largest absolute Gasteiger partial charge is 0.480 e. The second-order valence-corrected chi connectivity index (χ2v) is 6.49. The normalized spacial score (nSPS) is 11.4. The molecule has 2 rings (SSSR count). The van der Waals surface area contributed by atoms with Crippen molar-refractivity contribution in [1.29, 1.82) is 0 Å². The third-order valence-electron chi connectivity index (χ3n) is 4.47. The Hall–Kier alpha value is -3.75. The molecule has 0 spiro atoms. The lowest BCUT2D eigenvalue weighted by atomic mass is 10.0. The van der Waals surface area contributed by atoms with E-state index in [1.54, 1.807) is 24.3 Å². The summed E-state index contributed by atoms with van der Waals surface area (Å²) in [5.74, 6) is -2.30. The summed E-state index contributed by atoms with van der Waals surface area (Å²) in [6.07, 6.45) is 0.133. The first-order valence-corrected chi connectivity index (χ1v) is 8.76. The summed E-state index contributed by atoms with van der Waals surface area (Å²) >= 11 is 0.